The first kappa shape index (κ1) is 16.5. The predicted octanol–water partition coefficient (Wildman–Crippen LogP) is 1.37. The quantitative estimate of drug-likeness (QED) is 0.764. The molecule has 9 nitrogen and oxygen atoms in total. The molecule has 0 radical (unpaired) electrons. The van der Waals surface area contributed by atoms with Crippen LogP contribution in [0, 0.1) is 6.92 Å². The number of nitrogens with one attached hydrogen (secondary N) is 1. The van der Waals surface area contributed by atoms with Gasteiger partial charge in [0.25, 0.3) is 5.91 Å². The van der Waals surface area contributed by atoms with Crippen LogP contribution in [-0.4, -0.2) is 40.6 Å². The highest BCUT2D eigenvalue weighted by atomic mass is 19.4. The van der Waals surface area contributed by atoms with Gasteiger partial charge in [-0.3, -0.25) is 14.7 Å². The zero-order valence-corrected chi connectivity index (χ0v) is 13.0. The van der Waals surface area contributed by atoms with Crippen LogP contribution in [0.4, 0.5) is 19.1 Å². The third-order valence-electron chi connectivity index (χ3n) is 3.31. The predicted molar refractivity (Wildman–Crippen MR) is 77.8 cm³/mol. The monoisotopic (exact) mass is 352 g/mol. The van der Waals surface area contributed by atoms with E-state index in [1.807, 2.05) is 0 Å². The lowest BCUT2D eigenvalue weighted by Crippen LogP contribution is -2.20. The highest BCUT2D eigenvalue weighted by molar-refractivity contribution is 6.05. The number of imidazole rings is 1. The first-order valence-corrected chi connectivity index (χ1v) is 6.89. The molecule has 25 heavy (non-hydrogen) atoms. The molecule has 1 N–H and O–H groups in total. The Morgan fingerprint density at radius 1 is 1.28 bits per heavy atom. The Bertz CT molecular complexity index is 929. The Morgan fingerprint density at radius 3 is 2.60 bits per heavy atom. The van der Waals surface area contributed by atoms with Crippen LogP contribution >= 0.6 is 0 Å². The number of hydrogen-bond donors (Lipinski definition) is 1. The van der Waals surface area contributed by atoms with Crippen LogP contribution in [-0.2, 0) is 13.2 Å². The van der Waals surface area contributed by atoms with E-state index in [2.05, 4.69) is 30.8 Å². The van der Waals surface area contributed by atoms with Gasteiger partial charge in [-0.15, -0.1) is 0 Å². The van der Waals surface area contributed by atoms with Crippen molar-refractivity contribution in [1.82, 2.24) is 34.7 Å². The molecule has 0 atom stereocenters. The first-order valence-electron chi connectivity index (χ1n) is 6.89. The van der Waals surface area contributed by atoms with Gasteiger partial charge in [0, 0.05) is 19.4 Å². The zero-order chi connectivity index (χ0) is 18.2. The molecule has 12 heteroatoms. The van der Waals surface area contributed by atoms with Gasteiger partial charge in [0.15, 0.2) is 5.82 Å². The van der Waals surface area contributed by atoms with E-state index in [9.17, 15) is 18.0 Å². The average Bonchev–Trinajstić information content (AvgIpc) is 3.14. The van der Waals surface area contributed by atoms with Crippen molar-refractivity contribution in [1.29, 1.82) is 0 Å². The Kier molecular flexibility index (Phi) is 3.94. The van der Waals surface area contributed by atoms with E-state index < -0.39 is 17.8 Å². The fraction of sp³-hybridized carbons (Fsp3) is 0.231. The van der Waals surface area contributed by atoms with Crippen LogP contribution in [0.25, 0.3) is 5.82 Å². The Labute approximate surface area is 138 Å². The van der Waals surface area contributed by atoms with Crippen LogP contribution in [0.3, 0.4) is 0 Å². The fourth-order valence-corrected chi connectivity index (χ4v) is 2.07. The maximum Gasteiger partial charge on any atom is 0.433 e. The minimum Gasteiger partial charge on any atom is -0.289 e. The third kappa shape index (κ3) is 3.18. The topological polar surface area (TPSA) is 103 Å². The lowest BCUT2D eigenvalue weighted by Gasteiger charge is -2.13. The molecular formula is C13H11F3N8O. The van der Waals surface area contributed by atoms with Gasteiger partial charge in [0.1, 0.15) is 11.5 Å². The number of aromatic nitrogens is 7. The van der Waals surface area contributed by atoms with Gasteiger partial charge >= 0.3 is 6.18 Å². The molecule has 3 heterocycles. The molecule has 0 aliphatic carbocycles. The first-order chi connectivity index (χ1) is 11.8. The number of halogens is 3. The highest BCUT2D eigenvalue weighted by Crippen LogP contribution is 2.29. The average molecular weight is 352 g/mol. The molecule has 0 aliphatic heterocycles. The van der Waals surface area contributed by atoms with Crippen LogP contribution in [0.2, 0.25) is 0 Å². The fourth-order valence-electron chi connectivity index (χ4n) is 2.07. The van der Waals surface area contributed by atoms with Crippen molar-refractivity contribution in [2.24, 2.45) is 7.05 Å². The summed E-state index contributed by atoms with van der Waals surface area (Å²) in [5.41, 5.74) is -1.20. The Morgan fingerprint density at radius 2 is 2.04 bits per heavy atom. The lowest BCUT2D eigenvalue weighted by molar-refractivity contribution is -0.141. The number of carbonyl (C=O) groups is 1. The molecule has 3 aromatic rings. The maximum absolute atomic E-state index is 13.0. The van der Waals surface area contributed by atoms with E-state index in [1.165, 1.54) is 28.7 Å². The largest absolute Gasteiger partial charge is 0.433 e. The molecule has 0 aliphatic rings. The van der Waals surface area contributed by atoms with Crippen molar-refractivity contribution in [3.8, 4) is 5.82 Å². The Hall–Kier alpha value is -3.31. The summed E-state index contributed by atoms with van der Waals surface area (Å²) in [5, 5.41) is 12.9. The zero-order valence-electron chi connectivity index (χ0n) is 13.0. The molecule has 0 aromatic carbocycles. The lowest BCUT2D eigenvalue weighted by atomic mass is 10.2. The van der Waals surface area contributed by atoms with Crippen LogP contribution in [0.5, 0.6) is 0 Å². The molecule has 1 amide bonds. The minimum atomic E-state index is -4.65. The summed E-state index contributed by atoms with van der Waals surface area (Å²) in [6, 6.07) is 1.78. The number of pyridine rings is 1. The molecule has 3 aromatic heterocycles. The number of tetrazole rings is 1. The van der Waals surface area contributed by atoms with E-state index in [0.29, 0.717) is 5.82 Å². The van der Waals surface area contributed by atoms with Gasteiger partial charge in [-0.1, -0.05) is 5.10 Å². The smallest absolute Gasteiger partial charge is 0.289 e. The molecular weight excluding hydrogens is 341 g/mol. The van der Waals surface area contributed by atoms with Crippen LogP contribution < -0.4 is 5.32 Å². The molecule has 0 spiro atoms. The number of rotatable bonds is 3. The van der Waals surface area contributed by atoms with Crippen LogP contribution in [0.1, 0.15) is 21.9 Å². The number of carbonyl (C=O) groups excluding carboxylic acids is 1. The standard InChI is InChI=1S/C13H11F3N8O/c1-7-17-5-6-24(7)10-8(3-4-9(18-10)13(14,15)16)11(25)19-12-20-21-22-23(12)2/h3-6H,1-2H3,(H,19,20,22,25). The van der Waals surface area contributed by atoms with Gasteiger partial charge in [-0.05, 0) is 29.5 Å². The summed E-state index contributed by atoms with van der Waals surface area (Å²) < 4.78 is 41.4. The normalized spacial score (nSPS) is 11.6. The van der Waals surface area contributed by atoms with Crippen molar-refractivity contribution in [2.45, 2.75) is 13.1 Å². The molecule has 0 unspecified atom stereocenters. The van der Waals surface area contributed by atoms with Crippen LogP contribution in [0.15, 0.2) is 24.5 Å². The minimum absolute atomic E-state index is 0.0400. The van der Waals surface area contributed by atoms with E-state index in [0.717, 1.165) is 12.1 Å². The van der Waals surface area contributed by atoms with E-state index in [1.54, 1.807) is 6.92 Å². The number of amides is 1. The van der Waals surface area contributed by atoms with Crippen molar-refractivity contribution in [3.05, 3.63) is 41.6 Å². The van der Waals surface area contributed by atoms with E-state index in [-0.39, 0.29) is 17.3 Å². The SMILES string of the molecule is Cc1nccn1-c1nc(C(F)(F)F)ccc1C(=O)Nc1nnnn1C. The van der Waals surface area contributed by atoms with Crippen molar-refractivity contribution in [3.63, 3.8) is 0 Å². The summed E-state index contributed by atoms with van der Waals surface area (Å²) >= 11 is 0. The number of nitrogens with zero attached hydrogens (tertiary/aromatic N) is 7. The second-order valence-corrected chi connectivity index (χ2v) is 4.99. The molecule has 0 bridgehead atoms. The molecule has 130 valence electrons. The van der Waals surface area contributed by atoms with Crippen molar-refractivity contribution in [2.75, 3.05) is 5.32 Å². The van der Waals surface area contributed by atoms with E-state index >= 15 is 0 Å². The number of anilines is 1. The van der Waals surface area contributed by atoms with Gasteiger partial charge in [0.05, 0.1) is 5.56 Å². The van der Waals surface area contributed by atoms with Crippen molar-refractivity contribution >= 4 is 11.9 Å². The molecule has 0 saturated heterocycles. The van der Waals surface area contributed by atoms with Gasteiger partial charge < -0.3 is 0 Å². The summed E-state index contributed by atoms with van der Waals surface area (Å²) in [6.07, 6.45) is -1.84. The number of aryl methyl sites for hydroxylation is 2. The third-order valence-corrected chi connectivity index (χ3v) is 3.31. The summed E-state index contributed by atoms with van der Waals surface area (Å²) in [6.45, 7) is 1.58. The second-order valence-electron chi connectivity index (χ2n) is 4.99. The highest BCUT2D eigenvalue weighted by Gasteiger charge is 2.34. The van der Waals surface area contributed by atoms with E-state index in [4.69, 9.17) is 0 Å². The van der Waals surface area contributed by atoms with Gasteiger partial charge in [-0.2, -0.15) is 13.2 Å². The molecule has 3 rings (SSSR count). The van der Waals surface area contributed by atoms with Gasteiger partial charge in [0.2, 0.25) is 5.95 Å². The number of hydrogen-bond acceptors (Lipinski definition) is 6. The molecule has 0 fully saturated rings. The summed E-state index contributed by atoms with van der Waals surface area (Å²) in [7, 11) is 1.50. The molecule has 0 saturated carbocycles. The maximum atomic E-state index is 13.0. The second kappa shape index (κ2) is 5.96. The summed E-state index contributed by atoms with van der Waals surface area (Å²) in [5.74, 6) is -0.487. The van der Waals surface area contributed by atoms with Crippen molar-refractivity contribution < 1.29 is 18.0 Å². The van der Waals surface area contributed by atoms with Gasteiger partial charge in [-0.25, -0.2) is 14.6 Å². The number of alkyl halides is 3. The Balaban J connectivity index is 2.08. The summed E-state index contributed by atoms with van der Waals surface area (Å²) in [4.78, 5) is 20.0.